The number of hydrogen-bond acceptors (Lipinski definition) is 5. The number of nitrogens with one attached hydrogen (secondary N) is 1. The second kappa shape index (κ2) is 81.2. The highest BCUT2D eigenvalue weighted by Crippen LogP contribution is 2.20. The van der Waals surface area contributed by atoms with E-state index in [0.29, 0.717) is 19.4 Å². The molecule has 0 spiro atoms. The number of esters is 1. The monoisotopic (exact) mass is 1290 g/mol. The van der Waals surface area contributed by atoms with E-state index in [9.17, 15) is 19.8 Å². The molecule has 542 valence electrons. The van der Waals surface area contributed by atoms with Crippen LogP contribution >= 0.6 is 0 Å². The highest BCUT2D eigenvalue weighted by Gasteiger charge is 2.18. The SMILES string of the molecule is CCCCCCCC/C=C\CCCCCCCC(=O)OCCCCCCCCCCCCCCC/C=C\C/C=C\CCCCCCCCCCCCCCCCCCCC(=O)NC(CO)C(O)/C=C/CCCCCCCCCCCCCCCCCCCCCCC. The number of amides is 1. The fourth-order valence-electron chi connectivity index (χ4n) is 13.2. The Morgan fingerprint density at radius 3 is 0.837 bits per heavy atom. The first-order chi connectivity index (χ1) is 45.5. The molecule has 0 saturated heterocycles. The van der Waals surface area contributed by atoms with Crippen LogP contribution < -0.4 is 5.32 Å². The van der Waals surface area contributed by atoms with Crippen molar-refractivity contribution in [3.05, 3.63) is 48.6 Å². The number of aliphatic hydroxyl groups is 2. The maximum atomic E-state index is 12.6. The molecule has 6 heteroatoms. The number of carbonyl (C=O) groups excluding carboxylic acids is 2. The molecule has 0 aromatic carbocycles. The van der Waals surface area contributed by atoms with E-state index in [1.165, 1.54) is 385 Å². The van der Waals surface area contributed by atoms with E-state index in [0.717, 1.165) is 51.4 Å². The highest BCUT2D eigenvalue weighted by molar-refractivity contribution is 5.76. The Bertz CT molecular complexity index is 1540. The normalized spacial score (nSPS) is 12.7. The van der Waals surface area contributed by atoms with Gasteiger partial charge in [-0.1, -0.05) is 409 Å². The molecule has 0 aromatic heterocycles. The van der Waals surface area contributed by atoms with E-state index in [1.807, 2.05) is 6.08 Å². The van der Waals surface area contributed by atoms with Gasteiger partial charge in [-0.25, -0.2) is 0 Å². The number of hydrogen-bond donors (Lipinski definition) is 3. The summed E-state index contributed by atoms with van der Waals surface area (Å²) in [6.45, 7) is 4.94. The molecule has 0 heterocycles. The zero-order valence-electron chi connectivity index (χ0n) is 62.3. The molecule has 2 atom stereocenters. The summed E-state index contributed by atoms with van der Waals surface area (Å²) in [7, 11) is 0. The lowest BCUT2D eigenvalue weighted by Crippen LogP contribution is -2.45. The Balaban J connectivity index is 3.39. The van der Waals surface area contributed by atoms with Crippen LogP contribution in [0.4, 0.5) is 0 Å². The molecule has 0 fully saturated rings. The third-order valence-electron chi connectivity index (χ3n) is 19.6. The van der Waals surface area contributed by atoms with Gasteiger partial charge in [-0.05, 0) is 89.9 Å². The third kappa shape index (κ3) is 76.8. The van der Waals surface area contributed by atoms with Crippen LogP contribution in [-0.2, 0) is 14.3 Å². The minimum atomic E-state index is -0.845. The zero-order chi connectivity index (χ0) is 66.3. The predicted octanol–water partition coefficient (Wildman–Crippen LogP) is 27.9. The van der Waals surface area contributed by atoms with Gasteiger partial charge in [0.15, 0.2) is 0 Å². The molecule has 2 unspecified atom stereocenters. The molecule has 0 aliphatic heterocycles. The van der Waals surface area contributed by atoms with E-state index in [1.54, 1.807) is 6.08 Å². The third-order valence-corrected chi connectivity index (χ3v) is 19.6. The summed E-state index contributed by atoms with van der Waals surface area (Å²) in [4.78, 5) is 24.6. The molecule has 3 N–H and O–H groups in total. The second-order valence-electron chi connectivity index (χ2n) is 28.8. The van der Waals surface area contributed by atoms with Crippen molar-refractivity contribution in [1.82, 2.24) is 5.32 Å². The summed E-state index contributed by atoms with van der Waals surface area (Å²) in [5.74, 6) is -0.0493. The predicted molar refractivity (Wildman–Crippen MR) is 407 cm³/mol. The van der Waals surface area contributed by atoms with Crippen LogP contribution in [-0.4, -0.2) is 47.4 Å². The summed E-state index contributed by atoms with van der Waals surface area (Å²) >= 11 is 0. The highest BCUT2D eigenvalue weighted by atomic mass is 16.5. The summed E-state index contributed by atoms with van der Waals surface area (Å²) in [5, 5.41) is 23.3. The number of rotatable bonds is 79. The lowest BCUT2D eigenvalue weighted by Gasteiger charge is -2.20. The Hall–Kier alpha value is -2.18. The molecule has 0 aliphatic rings. The van der Waals surface area contributed by atoms with E-state index in [2.05, 4.69) is 55.6 Å². The fourth-order valence-corrected chi connectivity index (χ4v) is 13.2. The average molecular weight is 1290 g/mol. The molecule has 6 nitrogen and oxygen atoms in total. The van der Waals surface area contributed by atoms with Crippen LogP contribution in [0.1, 0.15) is 463 Å². The largest absolute Gasteiger partial charge is 0.466 e. The first kappa shape index (κ1) is 89.8. The molecule has 0 bridgehead atoms. The molecule has 0 aromatic rings. The first-order valence-corrected chi connectivity index (χ1v) is 41.9. The zero-order valence-corrected chi connectivity index (χ0v) is 62.3. The van der Waals surface area contributed by atoms with Crippen LogP contribution in [0.25, 0.3) is 0 Å². The molecule has 1 amide bonds. The summed E-state index contributed by atoms with van der Waals surface area (Å²) < 4.78 is 5.50. The molecular weight excluding hydrogens is 1130 g/mol. The van der Waals surface area contributed by atoms with Gasteiger partial charge in [-0.3, -0.25) is 9.59 Å². The van der Waals surface area contributed by atoms with Crippen molar-refractivity contribution in [3.63, 3.8) is 0 Å². The van der Waals surface area contributed by atoms with E-state index in [4.69, 9.17) is 4.74 Å². The summed E-state index contributed by atoms with van der Waals surface area (Å²) in [6, 6.07) is -0.628. The smallest absolute Gasteiger partial charge is 0.305 e. The van der Waals surface area contributed by atoms with Crippen molar-refractivity contribution < 1.29 is 24.5 Å². The van der Waals surface area contributed by atoms with Crippen LogP contribution in [0.5, 0.6) is 0 Å². The van der Waals surface area contributed by atoms with Gasteiger partial charge in [0.1, 0.15) is 0 Å². The number of ether oxygens (including phenoxy) is 1. The van der Waals surface area contributed by atoms with E-state index >= 15 is 0 Å². The van der Waals surface area contributed by atoms with Gasteiger partial charge in [-0.15, -0.1) is 0 Å². The molecule has 92 heavy (non-hydrogen) atoms. The number of unbranched alkanes of at least 4 members (excludes halogenated alkanes) is 62. The first-order valence-electron chi connectivity index (χ1n) is 41.9. The molecule has 0 aliphatic carbocycles. The molecule has 0 radical (unpaired) electrons. The molecule has 0 saturated carbocycles. The van der Waals surface area contributed by atoms with Crippen LogP contribution in [0, 0.1) is 0 Å². The number of aliphatic hydroxyl groups excluding tert-OH is 2. The van der Waals surface area contributed by atoms with Gasteiger partial charge in [0.25, 0.3) is 0 Å². The standard InChI is InChI=1S/C86H163NO5/c1-3-5-7-9-11-13-15-17-19-20-21-22-38-41-44-47-51-54-58-62-66-70-74-78-84(89)83(82-88)87-85(90)79-75-71-67-63-59-55-52-48-45-42-39-36-34-32-30-28-26-24-23-25-27-29-31-33-35-37-40-43-46-49-53-57-61-65-69-73-77-81-92-86(91)80-76-72-68-64-60-56-50-18-16-14-12-10-8-6-4-2/h18,23,25,29,31,50,74,78,83-84,88-89H,3-17,19-22,24,26-28,30,32-49,51-73,75-77,79-82H2,1-2H3,(H,87,90)/b25-23-,31-29-,50-18-,78-74+. The van der Waals surface area contributed by atoms with Crippen LogP contribution in [0.15, 0.2) is 48.6 Å². The van der Waals surface area contributed by atoms with Gasteiger partial charge in [-0.2, -0.15) is 0 Å². The lowest BCUT2D eigenvalue weighted by molar-refractivity contribution is -0.143. The van der Waals surface area contributed by atoms with Crippen molar-refractivity contribution >= 4 is 11.9 Å². The van der Waals surface area contributed by atoms with Crippen molar-refractivity contribution in [3.8, 4) is 0 Å². The summed E-state index contributed by atoms with van der Waals surface area (Å²) in [6.07, 6.45) is 108. The van der Waals surface area contributed by atoms with Gasteiger partial charge in [0.2, 0.25) is 5.91 Å². The Kier molecular flexibility index (Phi) is 79.3. The second-order valence-corrected chi connectivity index (χ2v) is 28.8. The van der Waals surface area contributed by atoms with Crippen molar-refractivity contribution in [1.29, 1.82) is 0 Å². The minimum Gasteiger partial charge on any atom is -0.466 e. The summed E-state index contributed by atoms with van der Waals surface area (Å²) in [5.41, 5.74) is 0. The van der Waals surface area contributed by atoms with Crippen molar-refractivity contribution in [2.75, 3.05) is 13.2 Å². The Morgan fingerprint density at radius 2 is 0.543 bits per heavy atom. The Morgan fingerprint density at radius 1 is 0.304 bits per heavy atom. The number of carbonyl (C=O) groups is 2. The number of allylic oxidation sites excluding steroid dienone is 7. The van der Waals surface area contributed by atoms with Gasteiger partial charge < -0.3 is 20.3 Å². The van der Waals surface area contributed by atoms with Crippen molar-refractivity contribution in [2.24, 2.45) is 0 Å². The minimum absolute atomic E-state index is 0.0112. The van der Waals surface area contributed by atoms with E-state index in [-0.39, 0.29) is 18.5 Å². The molecule has 0 rings (SSSR count). The van der Waals surface area contributed by atoms with Gasteiger partial charge >= 0.3 is 5.97 Å². The molecular formula is C86H163NO5. The van der Waals surface area contributed by atoms with E-state index < -0.39 is 12.1 Å². The van der Waals surface area contributed by atoms with Crippen molar-refractivity contribution in [2.45, 2.75) is 475 Å². The Labute approximate surface area is 576 Å². The maximum absolute atomic E-state index is 12.6. The average Bonchev–Trinajstić information content (AvgIpc) is 3.62. The van der Waals surface area contributed by atoms with Crippen LogP contribution in [0.3, 0.4) is 0 Å². The maximum Gasteiger partial charge on any atom is 0.305 e. The quantitative estimate of drug-likeness (QED) is 0.0320. The topological polar surface area (TPSA) is 95.9 Å². The fraction of sp³-hybridized carbons (Fsp3) is 0.884. The van der Waals surface area contributed by atoms with Gasteiger partial charge in [0.05, 0.1) is 25.4 Å². The van der Waals surface area contributed by atoms with Gasteiger partial charge in [0, 0.05) is 12.8 Å². The van der Waals surface area contributed by atoms with Crippen LogP contribution in [0.2, 0.25) is 0 Å². The lowest BCUT2D eigenvalue weighted by atomic mass is 10.0.